The van der Waals surface area contributed by atoms with Crippen molar-refractivity contribution in [3.05, 3.63) is 47.1 Å². The second kappa shape index (κ2) is 3.85. The molecule has 3 rings (SSSR count). The van der Waals surface area contributed by atoms with Crippen LogP contribution in [0.5, 0.6) is 0 Å². The Morgan fingerprint density at radius 2 is 1.82 bits per heavy atom. The largest absolute Gasteiger partial charge is 0.381 e. The first-order chi connectivity index (χ1) is 8.25. The first kappa shape index (κ1) is 10.3. The quantitative estimate of drug-likeness (QED) is 0.749. The fourth-order valence-electron chi connectivity index (χ4n) is 1.81. The third-order valence-electron chi connectivity index (χ3n) is 2.57. The van der Waals surface area contributed by atoms with Crippen molar-refractivity contribution in [3.8, 4) is 5.69 Å². The van der Waals surface area contributed by atoms with Gasteiger partial charge in [0.2, 0.25) is 0 Å². The second-order valence-electron chi connectivity index (χ2n) is 3.67. The van der Waals surface area contributed by atoms with Crippen molar-refractivity contribution >= 4 is 32.5 Å². The third kappa shape index (κ3) is 1.68. The summed E-state index contributed by atoms with van der Waals surface area (Å²) in [6, 6.07) is 12.0. The van der Waals surface area contributed by atoms with Crippen LogP contribution in [0.2, 0.25) is 0 Å². The van der Waals surface area contributed by atoms with E-state index in [1.807, 2.05) is 30.3 Å². The van der Waals surface area contributed by atoms with E-state index in [0.717, 1.165) is 20.9 Å². The van der Waals surface area contributed by atoms with E-state index in [1.165, 1.54) is 6.20 Å². The third-order valence-corrected chi connectivity index (χ3v) is 3.26. The molecule has 84 valence electrons. The molecule has 0 amide bonds. The fourth-order valence-corrected chi connectivity index (χ4v) is 2.29. The Morgan fingerprint density at radius 1 is 1.06 bits per heavy atom. The number of nitrogen functional groups attached to an aromatic ring is 1. The fraction of sp³-hybridized carbons (Fsp3) is 0. The van der Waals surface area contributed by atoms with E-state index < -0.39 is 0 Å². The van der Waals surface area contributed by atoms with Gasteiger partial charge in [0.25, 0.3) is 0 Å². The molecule has 0 radical (unpaired) electrons. The first-order valence-corrected chi connectivity index (χ1v) is 5.90. The summed E-state index contributed by atoms with van der Waals surface area (Å²) < 4.78 is 1.05. The first-order valence-electron chi connectivity index (χ1n) is 5.11. The number of rotatable bonds is 1. The van der Waals surface area contributed by atoms with Crippen molar-refractivity contribution in [2.45, 2.75) is 0 Å². The zero-order valence-electron chi connectivity index (χ0n) is 8.84. The van der Waals surface area contributed by atoms with Crippen LogP contribution >= 0.6 is 15.9 Å². The van der Waals surface area contributed by atoms with Crippen molar-refractivity contribution in [1.29, 1.82) is 0 Å². The summed E-state index contributed by atoms with van der Waals surface area (Å²) in [6.07, 6.45) is 1.54. The Balaban J connectivity index is 2.34. The van der Waals surface area contributed by atoms with Gasteiger partial charge in [0.15, 0.2) is 5.82 Å². The summed E-state index contributed by atoms with van der Waals surface area (Å²) in [6.45, 7) is 0. The molecule has 0 fully saturated rings. The summed E-state index contributed by atoms with van der Waals surface area (Å²) in [5, 5.41) is 10.5. The van der Waals surface area contributed by atoms with Gasteiger partial charge in [0.1, 0.15) is 0 Å². The van der Waals surface area contributed by atoms with Crippen LogP contribution in [0.15, 0.2) is 47.1 Å². The Hall–Kier alpha value is -1.88. The maximum atomic E-state index is 5.59. The van der Waals surface area contributed by atoms with Crippen molar-refractivity contribution in [2.24, 2.45) is 0 Å². The van der Waals surface area contributed by atoms with Gasteiger partial charge in [-0.2, -0.15) is 5.10 Å². The standard InChI is InChI=1S/C12H9BrN4/c13-10-5-6-11(17-15-7-12(14)16-17)9-4-2-1-3-8(9)10/h1-7H,(H2,14,16). The van der Waals surface area contributed by atoms with Crippen molar-refractivity contribution < 1.29 is 0 Å². The van der Waals surface area contributed by atoms with E-state index >= 15 is 0 Å². The number of benzene rings is 2. The average molecular weight is 289 g/mol. The highest BCUT2D eigenvalue weighted by atomic mass is 79.9. The Labute approximate surface area is 106 Å². The van der Waals surface area contributed by atoms with Crippen LogP contribution < -0.4 is 5.73 Å². The summed E-state index contributed by atoms with van der Waals surface area (Å²) >= 11 is 3.53. The van der Waals surface area contributed by atoms with Crippen molar-refractivity contribution in [2.75, 3.05) is 5.73 Å². The number of hydrogen-bond donors (Lipinski definition) is 1. The molecular formula is C12H9BrN4. The number of anilines is 1. The molecule has 5 heteroatoms. The molecule has 0 spiro atoms. The predicted octanol–water partition coefficient (Wildman–Crippen LogP) is 2.77. The minimum absolute atomic E-state index is 0.414. The molecular weight excluding hydrogens is 280 g/mol. The molecule has 4 nitrogen and oxygen atoms in total. The highest BCUT2D eigenvalue weighted by Gasteiger charge is 2.07. The molecule has 0 bridgehead atoms. The van der Waals surface area contributed by atoms with Crippen LogP contribution in [-0.4, -0.2) is 15.0 Å². The van der Waals surface area contributed by atoms with Crippen LogP contribution in [0.4, 0.5) is 5.82 Å². The Bertz CT molecular complexity index is 690. The zero-order valence-corrected chi connectivity index (χ0v) is 10.4. The lowest BCUT2D eigenvalue weighted by Crippen LogP contribution is -2.00. The van der Waals surface area contributed by atoms with Gasteiger partial charge >= 0.3 is 0 Å². The number of nitrogens with zero attached hydrogens (tertiary/aromatic N) is 3. The molecule has 0 unspecified atom stereocenters. The highest BCUT2D eigenvalue weighted by Crippen LogP contribution is 2.28. The molecule has 2 N–H and O–H groups in total. The van der Waals surface area contributed by atoms with Gasteiger partial charge in [-0.3, -0.25) is 0 Å². The van der Waals surface area contributed by atoms with E-state index in [-0.39, 0.29) is 0 Å². The number of fused-ring (bicyclic) bond motifs is 1. The van der Waals surface area contributed by atoms with Crippen LogP contribution in [0.1, 0.15) is 0 Å². The van der Waals surface area contributed by atoms with Crippen molar-refractivity contribution in [1.82, 2.24) is 15.0 Å². The molecule has 17 heavy (non-hydrogen) atoms. The maximum Gasteiger partial charge on any atom is 0.166 e. The molecule has 0 saturated heterocycles. The molecule has 0 aliphatic carbocycles. The predicted molar refractivity (Wildman–Crippen MR) is 71.0 cm³/mol. The number of nitrogens with two attached hydrogens (primary N) is 1. The van der Waals surface area contributed by atoms with Gasteiger partial charge in [0, 0.05) is 9.86 Å². The zero-order chi connectivity index (χ0) is 11.8. The second-order valence-corrected chi connectivity index (χ2v) is 4.53. The monoisotopic (exact) mass is 288 g/mol. The molecule has 0 atom stereocenters. The molecule has 1 heterocycles. The maximum absolute atomic E-state index is 5.59. The molecule has 3 aromatic rings. The van der Waals surface area contributed by atoms with E-state index in [1.54, 1.807) is 4.80 Å². The summed E-state index contributed by atoms with van der Waals surface area (Å²) in [7, 11) is 0. The summed E-state index contributed by atoms with van der Waals surface area (Å²) in [5.74, 6) is 0.414. The molecule has 2 aromatic carbocycles. The van der Waals surface area contributed by atoms with Gasteiger partial charge < -0.3 is 5.73 Å². The minimum atomic E-state index is 0.414. The Morgan fingerprint density at radius 3 is 2.53 bits per heavy atom. The van der Waals surface area contributed by atoms with Gasteiger partial charge in [-0.05, 0) is 17.5 Å². The molecule has 1 aromatic heterocycles. The van der Waals surface area contributed by atoms with E-state index in [4.69, 9.17) is 5.73 Å². The minimum Gasteiger partial charge on any atom is -0.381 e. The SMILES string of the molecule is Nc1cnn(-c2ccc(Br)c3ccccc23)n1. The van der Waals surface area contributed by atoms with Gasteiger partial charge in [0.05, 0.1) is 11.9 Å². The van der Waals surface area contributed by atoms with Crippen LogP contribution in [0.3, 0.4) is 0 Å². The lowest BCUT2D eigenvalue weighted by atomic mass is 10.1. The topological polar surface area (TPSA) is 56.7 Å². The van der Waals surface area contributed by atoms with Gasteiger partial charge in [-0.15, -0.1) is 9.90 Å². The van der Waals surface area contributed by atoms with Gasteiger partial charge in [-0.1, -0.05) is 40.2 Å². The smallest absolute Gasteiger partial charge is 0.166 e. The normalized spacial score (nSPS) is 10.9. The Kier molecular flexibility index (Phi) is 2.33. The van der Waals surface area contributed by atoms with E-state index in [9.17, 15) is 0 Å². The lowest BCUT2D eigenvalue weighted by Gasteiger charge is -2.06. The number of hydrogen-bond acceptors (Lipinski definition) is 3. The molecule has 0 aliphatic rings. The van der Waals surface area contributed by atoms with Crippen molar-refractivity contribution in [3.63, 3.8) is 0 Å². The average Bonchev–Trinajstić information content (AvgIpc) is 2.77. The van der Waals surface area contributed by atoms with E-state index in [2.05, 4.69) is 32.2 Å². The van der Waals surface area contributed by atoms with E-state index in [0.29, 0.717) is 5.82 Å². The molecule has 0 saturated carbocycles. The summed E-state index contributed by atoms with van der Waals surface area (Å²) in [4.78, 5) is 1.55. The van der Waals surface area contributed by atoms with Crippen LogP contribution in [-0.2, 0) is 0 Å². The molecule has 0 aliphatic heterocycles. The highest BCUT2D eigenvalue weighted by molar-refractivity contribution is 9.10. The number of aromatic nitrogens is 3. The lowest BCUT2D eigenvalue weighted by molar-refractivity contribution is 0.760. The summed E-state index contributed by atoms with van der Waals surface area (Å²) in [5.41, 5.74) is 6.50. The van der Waals surface area contributed by atoms with Crippen LogP contribution in [0.25, 0.3) is 16.5 Å². The van der Waals surface area contributed by atoms with Gasteiger partial charge in [-0.25, -0.2) is 0 Å². The number of halogens is 1. The van der Waals surface area contributed by atoms with Crippen LogP contribution in [0, 0.1) is 0 Å².